The van der Waals surface area contributed by atoms with Crippen LogP contribution in [0.15, 0.2) is 40.8 Å². The Labute approximate surface area is 137 Å². The van der Waals surface area contributed by atoms with Gasteiger partial charge in [-0.15, -0.1) is 0 Å². The first kappa shape index (κ1) is 16.2. The van der Waals surface area contributed by atoms with E-state index in [0.29, 0.717) is 31.0 Å². The number of nitrogens with zero attached hydrogens (tertiary/aromatic N) is 1. The maximum absolute atomic E-state index is 13.4. The Balaban J connectivity index is 1.77. The number of carboxylic acids is 2. The topological polar surface area (TPSA) is 91.0 Å². The molecule has 126 valence electrons. The van der Waals surface area contributed by atoms with Crippen LogP contribution >= 0.6 is 0 Å². The number of halogens is 1. The van der Waals surface area contributed by atoms with Gasteiger partial charge in [0, 0.05) is 19.0 Å². The van der Waals surface area contributed by atoms with Gasteiger partial charge in [0.2, 0.25) is 5.76 Å². The van der Waals surface area contributed by atoms with E-state index in [-0.39, 0.29) is 11.7 Å². The quantitative estimate of drug-likeness (QED) is 0.873. The lowest BCUT2D eigenvalue weighted by molar-refractivity contribution is -0.141. The first-order valence-corrected chi connectivity index (χ1v) is 7.46. The van der Waals surface area contributed by atoms with Crippen molar-refractivity contribution in [1.82, 2.24) is 4.90 Å². The minimum Gasteiger partial charge on any atom is -0.481 e. The van der Waals surface area contributed by atoms with Crippen molar-refractivity contribution >= 4 is 11.9 Å². The van der Waals surface area contributed by atoms with Crippen LogP contribution in [0.1, 0.15) is 27.8 Å². The van der Waals surface area contributed by atoms with E-state index in [1.807, 2.05) is 4.90 Å². The molecule has 0 unspecified atom stereocenters. The van der Waals surface area contributed by atoms with Crippen molar-refractivity contribution in [3.8, 4) is 0 Å². The van der Waals surface area contributed by atoms with Gasteiger partial charge in [0.15, 0.2) is 0 Å². The highest BCUT2D eigenvalue weighted by Crippen LogP contribution is 2.34. The zero-order valence-corrected chi connectivity index (χ0v) is 12.7. The summed E-state index contributed by atoms with van der Waals surface area (Å²) in [6.45, 7) is 1.03. The molecule has 0 radical (unpaired) electrons. The van der Waals surface area contributed by atoms with Crippen LogP contribution in [0.4, 0.5) is 4.39 Å². The third-order valence-corrected chi connectivity index (χ3v) is 4.24. The zero-order chi connectivity index (χ0) is 17.3. The standard InChI is InChI=1S/C17H16FNO5/c18-11-3-1-2-10(6-11)13-8-19(9-14(13)16(20)21)7-12-4-5-15(24-12)17(22)23/h1-6,13-14H,7-9H2,(H,20,21)(H,22,23)/t13-,14+/m1/s1. The van der Waals surface area contributed by atoms with Crippen molar-refractivity contribution < 1.29 is 28.6 Å². The highest BCUT2D eigenvalue weighted by atomic mass is 19.1. The number of carbonyl (C=O) groups is 2. The lowest BCUT2D eigenvalue weighted by atomic mass is 9.89. The molecule has 0 amide bonds. The van der Waals surface area contributed by atoms with E-state index >= 15 is 0 Å². The van der Waals surface area contributed by atoms with Crippen LogP contribution in [0.25, 0.3) is 0 Å². The van der Waals surface area contributed by atoms with Crippen LogP contribution in [0, 0.1) is 11.7 Å². The average Bonchev–Trinajstić information content (AvgIpc) is 3.15. The summed E-state index contributed by atoms with van der Waals surface area (Å²) >= 11 is 0. The largest absolute Gasteiger partial charge is 0.481 e. The normalized spacial score (nSPS) is 21.0. The molecule has 6 nitrogen and oxygen atoms in total. The Bertz CT molecular complexity index is 772. The lowest BCUT2D eigenvalue weighted by Crippen LogP contribution is -2.23. The third-order valence-electron chi connectivity index (χ3n) is 4.24. The first-order chi connectivity index (χ1) is 11.4. The van der Waals surface area contributed by atoms with Crippen LogP contribution in [0.2, 0.25) is 0 Å². The van der Waals surface area contributed by atoms with Crippen LogP contribution in [-0.4, -0.2) is 40.1 Å². The molecule has 0 saturated carbocycles. The summed E-state index contributed by atoms with van der Waals surface area (Å²) in [5.74, 6) is -3.15. The number of carboxylic acid groups (broad SMARTS) is 2. The summed E-state index contributed by atoms with van der Waals surface area (Å²) in [4.78, 5) is 24.3. The second kappa shape index (κ2) is 6.45. The third kappa shape index (κ3) is 3.30. The monoisotopic (exact) mass is 333 g/mol. The van der Waals surface area contributed by atoms with Gasteiger partial charge in [-0.25, -0.2) is 9.18 Å². The molecule has 24 heavy (non-hydrogen) atoms. The molecule has 1 aromatic heterocycles. The van der Waals surface area contributed by atoms with Gasteiger partial charge in [-0.3, -0.25) is 9.69 Å². The van der Waals surface area contributed by atoms with Crippen molar-refractivity contribution in [3.63, 3.8) is 0 Å². The van der Waals surface area contributed by atoms with Crippen molar-refractivity contribution in [2.75, 3.05) is 13.1 Å². The van der Waals surface area contributed by atoms with Gasteiger partial charge in [-0.05, 0) is 29.8 Å². The van der Waals surface area contributed by atoms with Crippen molar-refractivity contribution in [1.29, 1.82) is 0 Å². The van der Waals surface area contributed by atoms with Crippen LogP contribution in [0.5, 0.6) is 0 Å². The van der Waals surface area contributed by atoms with Crippen LogP contribution in [-0.2, 0) is 11.3 Å². The molecule has 2 atom stereocenters. The number of benzene rings is 1. The van der Waals surface area contributed by atoms with Crippen LogP contribution in [0.3, 0.4) is 0 Å². The van der Waals surface area contributed by atoms with Gasteiger partial charge >= 0.3 is 11.9 Å². The van der Waals surface area contributed by atoms with E-state index in [1.54, 1.807) is 18.2 Å². The second-order valence-corrected chi connectivity index (χ2v) is 5.87. The number of furan rings is 1. The number of hydrogen-bond acceptors (Lipinski definition) is 4. The van der Waals surface area contributed by atoms with E-state index in [4.69, 9.17) is 9.52 Å². The molecule has 0 spiro atoms. The summed E-state index contributed by atoms with van der Waals surface area (Å²) in [5, 5.41) is 18.3. The van der Waals surface area contributed by atoms with E-state index in [9.17, 15) is 19.1 Å². The molecule has 0 aliphatic carbocycles. The smallest absolute Gasteiger partial charge is 0.371 e. The Kier molecular flexibility index (Phi) is 4.35. The summed E-state index contributed by atoms with van der Waals surface area (Å²) in [5.41, 5.74) is 0.649. The van der Waals surface area contributed by atoms with Gasteiger partial charge < -0.3 is 14.6 Å². The molecule has 2 aromatic rings. The Morgan fingerprint density at radius 3 is 2.62 bits per heavy atom. The molecular weight excluding hydrogens is 317 g/mol. The molecule has 1 fully saturated rings. The van der Waals surface area contributed by atoms with E-state index in [2.05, 4.69) is 0 Å². The van der Waals surface area contributed by atoms with Gasteiger partial charge in [0.1, 0.15) is 11.6 Å². The van der Waals surface area contributed by atoms with Crippen molar-refractivity contribution in [3.05, 3.63) is 59.3 Å². The van der Waals surface area contributed by atoms with E-state index in [1.165, 1.54) is 18.2 Å². The molecule has 7 heteroatoms. The van der Waals surface area contributed by atoms with E-state index in [0.717, 1.165) is 0 Å². The lowest BCUT2D eigenvalue weighted by Gasteiger charge is -2.15. The molecule has 1 aliphatic heterocycles. The van der Waals surface area contributed by atoms with Gasteiger partial charge in [-0.2, -0.15) is 0 Å². The zero-order valence-electron chi connectivity index (χ0n) is 12.7. The molecule has 0 bridgehead atoms. The van der Waals surface area contributed by atoms with E-state index < -0.39 is 23.7 Å². The number of aliphatic carboxylic acids is 1. The molecule has 3 rings (SSSR count). The fourth-order valence-corrected chi connectivity index (χ4v) is 3.14. The minimum atomic E-state index is -1.15. The minimum absolute atomic E-state index is 0.152. The maximum Gasteiger partial charge on any atom is 0.371 e. The Morgan fingerprint density at radius 1 is 1.21 bits per heavy atom. The molecule has 2 N–H and O–H groups in total. The molecule has 1 aromatic carbocycles. The SMILES string of the molecule is O=C(O)c1ccc(CN2C[C@H](C(=O)O)[C@@H](c3cccc(F)c3)C2)o1. The summed E-state index contributed by atoms with van der Waals surface area (Å²) < 4.78 is 18.7. The summed E-state index contributed by atoms with van der Waals surface area (Å²) in [6, 6.07) is 8.91. The highest BCUT2D eigenvalue weighted by Gasteiger charge is 2.38. The summed E-state index contributed by atoms with van der Waals surface area (Å²) in [6.07, 6.45) is 0. The predicted octanol–water partition coefficient (Wildman–Crippen LogP) is 2.42. The predicted molar refractivity (Wildman–Crippen MR) is 81.2 cm³/mol. The number of rotatable bonds is 5. The number of hydrogen-bond donors (Lipinski definition) is 2. The fourth-order valence-electron chi connectivity index (χ4n) is 3.14. The molecular formula is C17H16FNO5. The fraction of sp³-hybridized carbons (Fsp3) is 0.294. The maximum atomic E-state index is 13.4. The molecule has 1 saturated heterocycles. The second-order valence-electron chi connectivity index (χ2n) is 5.87. The van der Waals surface area contributed by atoms with Crippen molar-refractivity contribution in [2.24, 2.45) is 5.92 Å². The highest BCUT2D eigenvalue weighted by molar-refractivity contribution is 5.84. The summed E-state index contributed by atoms with van der Waals surface area (Å²) in [7, 11) is 0. The first-order valence-electron chi connectivity index (χ1n) is 7.46. The Morgan fingerprint density at radius 2 is 2.00 bits per heavy atom. The van der Waals surface area contributed by atoms with Gasteiger partial charge in [0.25, 0.3) is 0 Å². The average molecular weight is 333 g/mol. The van der Waals surface area contributed by atoms with Gasteiger partial charge in [-0.1, -0.05) is 12.1 Å². The molecule has 2 heterocycles. The molecule has 1 aliphatic rings. The van der Waals surface area contributed by atoms with Crippen molar-refractivity contribution in [2.45, 2.75) is 12.5 Å². The Hall–Kier alpha value is -2.67. The number of aromatic carboxylic acids is 1. The van der Waals surface area contributed by atoms with Crippen LogP contribution < -0.4 is 0 Å². The number of likely N-dealkylation sites (tertiary alicyclic amines) is 1. The van der Waals surface area contributed by atoms with Gasteiger partial charge in [0.05, 0.1) is 12.5 Å².